The molecule has 0 N–H and O–H groups in total. The molecule has 184 valence electrons. The molecule has 3 heterocycles. The number of hydrogen-bond donors (Lipinski definition) is 0. The molecule has 0 bridgehead atoms. The number of hydrogen-bond acceptors (Lipinski definition) is 6. The normalized spacial score (nSPS) is 19.2. The Hall–Kier alpha value is -2.11. The molecule has 1 unspecified atom stereocenters. The predicted octanol–water partition coefficient (Wildman–Crippen LogP) is 5.22. The van der Waals surface area contributed by atoms with Gasteiger partial charge in [0.2, 0.25) is 0 Å². The van der Waals surface area contributed by atoms with Gasteiger partial charge in [-0.05, 0) is 49.7 Å². The molecule has 0 radical (unpaired) electrons. The molecular weight excluding hydrogens is 464 g/mol. The van der Waals surface area contributed by atoms with Crippen LogP contribution in [0.2, 0.25) is 0 Å². The number of aromatic nitrogens is 1. The fourth-order valence-electron chi connectivity index (χ4n) is 4.78. The van der Waals surface area contributed by atoms with Gasteiger partial charge in [0.1, 0.15) is 21.8 Å². The molecule has 0 aromatic carbocycles. The van der Waals surface area contributed by atoms with Gasteiger partial charge in [-0.15, -0.1) is 0 Å². The molecule has 2 fully saturated rings. The van der Waals surface area contributed by atoms with Crippen LogP contribution in [0.1, 0.15) is 76.0 Å². The van der Waals surface area contributed by atoms with Crippen molar-refractivity contribution in [2.24, 2.45) is 18.9 Å². The summed E-state index contributed by atoms with van der Waals surface area (Å²) in [5.74, 6) is 1.78. The number of unbranched alkanes of at least 4 members (excludes halogenated alkanes) is 1. The number of carbonyl (C=O) groups is 1. The second kappa shape index (κ2) is 11.5. The van der Waals surface area contributed by atoms with Crippen molar-refractivity contribution in [2.45, 2.75) is 66.2 Å². The van der Waals surface area contributed by atoms with E-state index >= 15 is 0 Å². The van der Waals surface area contributed by atoms with E-state index in [0.29, 0.717) is 33.2 Å². The largest absolute Gasteiger partial charge is 0.357 e. The van der Waals surface area contributed by atoms with Crippen molar-refractivity contribution in [1.29, 1.82) is 5.26 Å². The van der Waals surface area contributed by atoms with Crippen LogP contribution in [0.25, 0.3) is 6.08 Å². The van der Waals surface area contributed by atoms with Crippen LogP contribution in [0, 0.1) is 30.1 Å². The van der Waals surface area contributed by atoms with E-state index < -0.39 is 0 Å². The highest BCUT2D eigenvalue weighted by Crippen LogP contribution is 2.37. The lowest BCUT2D eigenvalue weighted by molar-refractivity contribution is -0.122. The van der Waals surface area contributed by atoms with E-state index in [-0.39, 0.29) is 17.0 Å². The van der Waals surface area contributed by atoms with Crippen LogP contribution in [-0.2, 0) is 11.8 Å². The van der Waals surface area contributed by atoms with Gasteiger partial charge in [-0.3, -0.25) is 19.1 Å². The van der Waals surface area contributed by atoms with Crippen molar-refractivity contribution in [3.05, 3.63) is 31.9 Å². The van der Waals surface area contributed by atoms with Gasteiger partial charge in [-0.1, -0.05) is 64.0 Å². The van der Waals surface area contributed by atoms with Crippen LogP contribution in [0.4, 0.5) is 5.82 Å². The monoisotopic (exact) mass is 500 g/mol. The number of thiocarbonyl (C=S) groups is 1. The molecule has 6 nitrogen and oxygen atoms in total. The third kappa shape index (κ3) is 5.41. The van der Waals surface area contributed by atoms with E-state index in [1.54, 1.807) is 23.4 Å². The van der Waals surface area contributed by atoms with Gasteiger partial charge in [-0.2, -0.15) is 5.26 Å². The fourth-order valence-corrected chi connectivity index (χ4v) is 6.04. The van der Waals surface area contributed by atoms with Crippen LogP contribution in [-0.4, -0.2) is 39.3 Å². The van der Waals surface area contributed by atoms with Crippen molar-refractivity contribution in [1.82, 2.24) is 9.47 Å². The number of rotatable bonds is 8. The lowest BCUT2D eigenvalue weighted by Gasteiger charge is -2.34. The smallest absolute Gasteiger partial charge is 0.270 e. The summed E-state index contributed by atoms with van der Waals surface area (Å²) in [6.07, 6.45) is 8.34. The minimum Gasteiger partial charge on any atom is -0.357 e. The molecule has 2 aliphatic rings. The third-order valence-corrected chi connectivity index (χ3v) is 8.56. The molecule has 0 spiro atoms. The molecule has 1 aromatic rings. The van der Waals surface area contributed by atoms with E-state index in [2.05, 4.69) is 31.7 Å². The summed E-state index contributed by atoms with van der Waals surface area (Å²) in [5, 5.41) is 9.68. The highest BCUT2D eigenvalue weighted by molar-refractivity contribution is 8.26. The van der Waals surface area contributed by atoms with Crippen LogP contribution in [0.5, 0.6) is 0 Å². The Morgan fingerprint density at radius 1 is 1.26 bits per heavy atom. The maximum absolute atomic E-state index is 13.4. The lowest BCUT2D eigenvalue weighted by Crippen LogP contribution is -2.38. The van der Waals surface area contributed by atoms with Gasteiger partial charge in [-0.25, -0.2) is 0 Å². The van der Waals surface area contributed by atoms with E-state index in [1.165, 1.54) is 11.8 Å². The van der Waals surface area contributed by atoms with Gasteiger partial charge < -0.3 is 4.90 Å². The molecular formula is C26H36N4O2S2. The number of piperidine rings is 1. The van der Waals surface area contributed by atoms with E-state index in [1.807, 2.05) is 6.08 Å². The molecule has 3 rings (SSSR count). The van der Waals surface area contributed by atoms with Gasteiger partial charge in [0.15, 0.2) is 0 Å². The lowest BCUT2D eigenvalue weighted by atomic mass is 9.97. The molecule has 1 amide bonds. The van der Waals surface area contributed by atoms with E-state index in [4.69, 9.17) is 12.2 Å². The van der Waals surface area contributed by atoms with Crippen LogP contribution < -0.4 is 10.5 Å². The molecule has 0 aliphatic carbocycles. The van der Waals surface area contributed by atoms with Gasteiger partial charge in [0.05, 0.1) is 4.91 Å². The summed E-state index contributed by atoms with van der Waals surface area (Å²) in [5.41, 5.74) is 1.23. The van der Waals surface area contributed by atoms with Crippen molar-refractivity contribution in [2.75, 3.05) is 24.5 Å². The van der Waals surface area contributed by atoms with E-state index in [9.17, 15) is 14.9 Å². The Morgan fingerprint density at radius 2 is 1.94 bits per heavy atom. The van der Waals surface area contributed by atoms with E-state index in [0.717, 1.165) is 63.0 Å². The van der Waals surface area contributed by atoms with Gasteiger partial charge in [0, 0.05) is 32.2 Å². The zero-order valence-electron chi connectivity index (χ0n) is 21.0. The zero-order valence-corrected chi connectivity index (χ0v) is 22.7. The molecule has 1 atom stereocenters. The van der Waals surface area contributed by atoms with Crippen molar-refractivity contribution >= 4 is 46.1 Å². The minimum atomic E-state index is -0.292. The Balaban J connectivity index is 2.02. The topological polar surface area (TPSA) is 69.3 Å². The number of pyridine rings is 1. The Morgan fingerprint density at radius 3 is 2.53 bits per heavy atom. The second-order valence-electron chi connectivity index (χ2n) is 9.59. The van der Waals surface area contributed by atoms with Gasteiger partial charge in [0.25, 0.3) is 11.5 Å². The maximum Gasteiger partial charge on any atom is 0.270 e. The summed E-state index contributed by atoms with van der Waals surface area (Å²) < 4.78 is 2.16. The molecule has 2 saturated heterocycles. The standard InChI is InChI=1S/C26H36N4O2S2/c1-6-8-9-19(7-2)16-30-25(32)22(34-26(30)33)14-20-18(4)21(15-27)24(31)28(5)23(20)29-12-10-17(3)11-13-29/h14,17,19H,6-13,16H2,1-5H3. The zero-order chi connectivity index (χ0) is 25.0. The highest BCUT2D eigenvalue weighted by atomic mass is 32.2. The van der Waals surface area contributed by atoms with Gasteiger partial charge >= 0.3 is 0 Å². The first-order valence-corrected chi connectivity index (χ1v) is 13.6. The molecule has 8 heteroatoms. The Kier molecular flexibility index (Phi) is 9.00. The van der Waals surface area contributed by atoms with Crippen LogP contribution >= 0.6 is 24.0 Å². The average molecular weight is 501 g/mol. The number of carbonyl (C=O) groups excluding carboxylic acids is 1. The second-order valence-corrected chi connectivity index (χ2v) is 11.3. The summed E-state index contributed by atoms with van der Waals surface area (Å²) in [7, 11) is 1.72. The maximum atomic E-state index is 13.4. The number of amides is 1. The highest BCUT2D eigenvalue weighted by Gasteiger charge is 2.34. The third-order valence-electron chi connectivity index (χ3n) is 7.18. The number of nitrogens with zero attached hydrogens (tertiary/aromatic N) is 4. The van der Waals surface area contributed by atoms with Crippen LogP contribution in [0.15, 0.2) is 9.70 Å². The Labute approximate surface area is 213 Å². The molecule has 2 aliphatic heterocycles. The molecule has 34 heavy (non-hydrogen) atoms. The number of anilines is 1. The molecule has 1 aromatic heterocycles. The predicted molar refractivity (Wildman–Crippen MR) is 145 cm³/mol. The summed E-state index contributed by atoms with van der Waals surface area (Å²) in [6.45, 7) is 10.7. The van der Waals surface area contributed by atoms with Crippen molar-refractivity contribution in [3.8, 4) is 6.07 Å². The first-order chi connectivity index (χ1) is 16.2. The molecule has 0 saturated carbocycles. The summed E-state index contributed by atoms with van der Waals surface area (Å²) >= 11 is 6.92. The quantitative estimate of drug-likeness (QED) is 0.360. The van der Waals surface area contributed by atoms with Crippen LogP contribution in [0.3, 0.4) is 0 Å². The van der Waals surface area contributed by atoms with Crippen molar-refractivity contribution < 1.29 is 4.79 Å². The number of nitriles is 1. The number of thioether (sulfide) groups is 1. The van der Waals surface area contributed by atoms with Crippen molar-refractivity contribution in [3.63, 3.8) is 0 Å². The first kappa shape index (κ1) is 26.5. The first-order valence-electron chi connectivity index (χ1n) is 12.4. The summed E-state index contributed by atoms with van der Waals surface area (Å²) in [4.78, 5) is 30.9. The summed E-state index contributed by atoms with van der Waals surface area (Å²) in [6, 6.07) is 2.08. The SMILES string of the molecule is CCCCC(CC)CN1C(=O)C(=Cc2c(C)c(C#N)c(=O)n(C)c2N2CCC(C)CC2)SC1=S. The fraction of sp³-hybridized carbons (Fsp3) is 0.615. The Bertz CT molecular complexity index is 1080. The average Bonchev–Trinajstić information content (AvgIpc) is 3.08. The minimum absolute atomic E-state index is 0.0741.